The van der Waals surface area contributed by atoms with Gasteiger partial charge >= 0.3 is 0 Å². The van der Waals surface area contributed by atoms with Crippen LogP contribution in [0.3, 0.4) is 0 Å². The Morgan fingerprint density at radius 1 is 1.40 bits per heavy atom. The first-order chi connectivity index (χ1) is 9.65. The summed E-state index contributed by atoms with van der Waals surface area (Å²) in [6.45, 7) is 0.920. The van der Waals surface area contributed by atoms with Gasteiger partial charge in [-0.1, -0.05) is 15.9 Å². The highest BCUT2D eigenvalue weighted by Gasteiger charge is 2.09. The van der Waals surface area contributed by atoms with Gasteiger partial charge in [0.2, 0.25) is 5.91 Å². The lowest BCUT2D eigenvalue weighted by molar-refractivity contribution is -0.130. The van der Waals surface area contributed by atoms with Gasteiger partial charge in [-0.15, -0.1) is 0 Å². The molecule has 0 aliphatic carbocycles. The van der Waals surface area contributed by atoms with Gasteiger partial charge in [0.15, 0.2) is 0 Å². The summed E-state index contributed by atoms with van der Waals surface area (Å²) in [6, 6.07) is 7.54. The number of aromatic amines is 1. The second-order valence-corrected chi connectivity index (χ2v) is 5.32. The van der Waals surface area contributed by atoms with Crippen molar-refractivity contribution in [2.24, 2.45) is 0 Å². The van der Waals surface area contributed by atoms with Gasteiger partial charge in [0.05, 0.1) is 19.2 Å². The summed E-state index contributed by atoms with van der Waals surface area (Å²) >= 11 is 3.36. The van der Waals surface area contributed by atoms with E-state index in [0.717, 1.165) is 15.8 Å². The number of rotatable bonds is 6. The molecule has 2 aromatic rings. The molecule has 106 valence electrons. The summed E-state index contributed by atoms with van der Waals surface area (Å²) < 4.78 is 6.53. The lowest BCUT2D eigenvalue weighted by Gasteiger charge is -2.16. The Balaban J connectivity index is 1.73. The second-order valence-electron chi connectivity index (χ2n) is 4.41. The molecule has 0 fully saturated rings. The molecule has 1 heterocycles. The van der Waals surface area contributed by atoms with Crippen LogP contribution in [0.5, 0.6) is 5.75 Å². The Labute approximate surface area is 126 Å². The summed E-state index contributed by atoms with van der Waals surface area (Å²) in [5.41, 5.74) is 0.981. The van der Waals surface area contributed by atoms with Crippen molar-refractivity contribution in [3.8, 4) is 5.75 Å². The number of nitrogens with zero attached hydrogens (tertiary/aromatic N) is 2. The minimum absolute atomic E-state index is 0.0447. The van der Waals surface area contributed by atoms with Crippen LogP contribution >= 0.6 is 15.9 Å². The van der Waals surface area contributed by atoms with Gasteiger partial charge in [-0.05, 0) is 24.3 Å². The number of hydrogen-bond donors (Lipinski definition) is 1. The van der Waals surface area contributed by atoms with Crippen molar-refractivity contribution in [1.29, 1.82) is 0 Å². The zero-order valence-corrected chi connectivity index (χ0v) is 12.8. The summed E-state index contributed by atoms with van der Waals surface area (Å²) in [7, 11) is 1.77. The minimum atomic E-state index is 0.0447. The summed E-state index contributed by atoms with van der Waals surface area (Å²) in [4.78, 5) is 13.6. The van der Waals surface area contributed by atoms with Crippen molar-refractivity contribution in [1.82, 2.24) is 15.1 Å². The predicted octanol–water partition coefficient (Wildman–Crippen LogP) is 2.60. The van der Waals surface area contributed by atoms with Crippen LogP contribution in [0, 0.1) is 0 Å². The first-order valence-corrected chi connectivity index (χ1v) is 7.04. The van der Waals surface area contributed by atoms with E-state index in [-0.39, 0.29) is 5.91 Å². The van der Waals surface area contributed by atoms with E-state index in [1.165, 1.54) is 0 Å². The quantitative estimate of drug-likeness (QED) is 0.881. The molecule has 0 aliphatic heterocycles. The molecule has 6 heteroatoms. The summed E-state index contributed by atoms with van der Waals surface area (Å²) in [5.74, 6) is 0.807. The van der Waals surface area contributed by atoms with E-state index in [9.17, 15) is 4.79 Å². The van der Waals surface area contributed by atoms with Gasteiger partial charge in [0.1, 0.15) is 5.75 Å². The molecule has 0 atom stereocenters. The van der Waals surface area contributed by atoms with Crippen molar-refractivity contribution in [2.75, 3.05) is 13.7 Å². The average Bonchev–Trinajstić information content (AvgIpc) is 2.93. The number of ether oxygens (including phenoxy) is 1. The maximum atomic E-state index is 11.9. The lowest BCUT2D eigenvalue weighted by Crippen LogP contribution is -2.27. The fourth-order valence-electron chi connectivity index (χ4n) is 1.70. The molecule has 20 heavy (non-hydrogen) atoms. The van der Waals surface area contributed by atoms with Crippen molar-refractivity contribution in [3.05, 3.63) is 46.7 Å². The van der Waals surface area contributed by atoms with Gasteiger partial charge in [-0.2, -0.15) is 5.10 Å². The van der Waals surface area contributed by atoms with Crippen molar-refractivity contribution >= 4 is 21.8 Å². The van der Waals surface area contributed by atoms with E-state index < -0.39 is 0 Å². The van der Waals surface area contributed by atoms with Gasteiger partial charge in [0.25, 0.3) is 0 Å². The number of carbonyl (C=O) groups excluding carboxylic acids is 1. The number of aromatic nitrogens is 2. The van der Waals surface area contributed by atoms with Crippen molar-refractivity contribution in [3.63, 3.8) is 0 Å². The van der Waals surface area contributed by atoms with Gasteiger partial charge < -0.3 is 9.64 Å². The molecule has 2 rings (SSSR count). The summed E-state index contributed by atoms with van der Waals surface area (Å²) in [5, 5.41) is 6.58. The Morgan fingerprint density at radius 2 is 2.15 bits per heavy atom. The number of H-pyrrole nitrogens is 1. The SMILES string of the molecule is CN(Cc1cn[nH]c1)C(=O)CCOc1ccc(Br)cc1. The van der Waals surface area contributed by atoms with E-state index in [2.05, 4.69) is 26.1 Å². The largest absolute Gasteiger partial charge is 0.493 e. The molecule has 1 amide bonds. The van der Waals surface area contributed by atoms with Crippen LogP contribution in [0.25, 0.3) is 0 Å². The van der Waals surface area contributed by atoms with E-state index >= 15 is 0 Å². The number of halogens is 1. The fourth-order valence-corrected chi connectivity index (χ4v) is 1.97. The second kappa shape index (κ2) is 7.09. The number of amides is 1. The first kappa shape index (κ1) is 14.6. The molecule has 1 N–H and O–H groups in total. The summed E-state index contributed by atoms with van der Waals surface area (Å²) in [6.07, 6.45) is 3.84. The smallest absolute Gasteiger partial charge is 0.226 e. The van der Waals surface area contributed by atoms with Crippen LogP contribution in [0.1, 0.15) is 12.0 Å². The third-order valence-electron chi connectivity index (χ3n) is 2.80. The highest BCUT2D eigenvalue weighted by Crippen LogP contribution is 2.16. The third kappa shape index (κ3) is 4.38. The molecule has 0 spiro atoms. The van der Waals surface area contributed by atoms with E-state index in [4.69, 9.17) is 4.74 Å². The van der Waals surface area contributed by atoms with E-state index in [1.54, 1.807) is 24.3 Å². The maximum absolute atomic E-state index is 11.9. The Hall–Kier alpha value is -1.82. The average molecular weight is 338 g/mol. The molecule has 0 radical (unpaired) electrons. The molecule has 1 aromatic carbocycles. The van der Waals surface area contributed by atoms with Crippen LogP contribution < -0.4 is 4.74 Å². The molecule has 0 unspecified atom stereocenters. The van der Waals surface area contributed by atoms with Crippen LogP contribution in [0.15, 0.2) is 41.1 Å². The topological polar surface area (TPSA) is 58.2 Å². The fraction of sp³-hybridized carbons (Fsp3) is 0.286. The highest BCUT2D eigenvalue weighted by atomic mass is 79.9. The standard InChI is InChI=1S/C14H16BrN3O2/c1-18(10-11-8-16-17-9-11)14(19)6-7-20-13-4-2-12(15)3-5-13/h2-5,8-9H,6-7,10H2,1H3,(H,16,17). The third-order valence-corrected chi connectivity index (χ3v) is 3.33. The minimum Gasteiger partial charge on any atom is -0.493 e. The number of carbonyl (C=O) groups is 1. The van der Waals surface area contributed by atoms with E-state index in [1.807, 2.05) is 24.3 Å². The zero-order chi connectivity index (χ0) is 14.4. The van der Waals surface area contributed by atoms with Crippen LogP contribution in [-0.4, -0.2) is 34.7 Å². The molecule has 0 saturated heterocycles. The molecule has 0 aliphatic rings. The van der Waals surface area contributed by atoms with E-state index in [0.29, 0.717) is 19.6 Å². The van der Waals surface area contributed by atoms with Gasteiger partial charge in [-0.25, -0.2) is 0 Å². The Bertz CT molecular complexity index is 540. The molecule has 0 bridgehead atoms. The molecule has 5 nitrogen and oxygen atoms in total. The molecule has 0 saturated carbocycles. The monoisotopic (exact) mass is 337 g/mol. The predicted molar refractivity (Wildman–Crippen MR) is 79.3 cm³/mol. The van der Waals surface area contributed by atoms with Crippen molar-refractivity contribution < 1.29 is 9.53 Å². The first-order valence-electron chi connectivity index (χ1n) is 6.25. The molecular weight excluding hydrogens is 322 g/mol. The molecular formula is C14H16BrN3O2. The lowest BCUT2D eigenvalue weighted by atomic mass is 10.3. The van der Waals surface area contributed by atoms with Crippen LogP contribution in [0.4, 0.5) is 0 Å². The van der Waals surface area contributed by atoms with Gasteiger partial charge in [-0.3, -0.25) is 9.89 Å². The number of hydrogen-bond acceptors (Lipinski definition) is 3. The normalized spacial score (nSPS) is 10.3. The van der Waals surface area contributed by atoms with Gasteiger partial charge in [0, 0.05) is 29.8 Å². The van der Waals surface area contributed by atoms with Crippen LogP contribution in [-0.2, 0) is 11.3 Å². The zero-order valence-electron chi connectivity index (χ0n) is 11.2. The Morgan fingerprint density at radius 3 is 2.80 bits per heavy atom. The van der Waals surface area contributed by atoms with Crippen molar-refractivity contribution in [2.45, 2.75) is 13.0 Å². The van der Waals surface area contributed by atoms with Crippen LogP contribution in [0.2, 0.25) is 0 Å². The Kier molecular flexibility index (Phi) is 5.17. The highest BCUT2D eigenvalue weighted by molar-refractivity contribution is 9.10. The number of benzene rings is 1. The molecule has 1 aromatic heterocycles. The number of nitrogens with one attached hydrogen (secondary N) is 1. The maximum Gasteiger partial charge on any atom is 0.226 e.